The molecule has 3 rings (SSSR count). The first-order valence-electron chi connectivity index (χ1n) is 8.45. The van der Waals surface area contributed by atoms with Crippen LogP contribution >= 0.6 is 0 Å². The van der Waals surface area contributed by atoms with Crippen LogP contribution in [0.25, 0.3) is 0 Å². The van der Waals surface area contributed by atoms with Crippen LogP contribution in [0.4, 0.5) is 0 Å². The van der Waals surface area contributed by atoms with E-state index in [1.54, 1.807) is 0 Å². The predicted octanol–water partition coefficient (Wildman–Crippen LogP) is 3.76. The average molecular weight is 289 g/mol. The van der Waals surface area contributed by atoms with Gasteiger partial charge in [0, 0.05) is 12.1 Å². The van der Waals surface area contributed by atoms with Gasteiger partial charge < -0.3 is 14.8 Å². The maximum atomic E-state index is 5.76. The van der Waals surface area contributed by atoms with E-state index in [0.717, 1.165) is 36.4 Å². The van der Waals surface area contributed by atoms with Crippen molar-refractivity contribution in [2.45, 2.75) is 45.6 Å². The molecule has 21 heavy (non-hydrogen) atoms. The molecule has 0 amide bonds. The Morgan fingerprint density at radius 2 is 1.81 bits per heavy atom. The molecule has 116 valence electrons. The molecule has 0 spiro atoms. The number of para-hydroxylation sites is 1. The van der Waals surface area contributed by atoms with E-state index in [2.05, 4.69) is 24.4 Å². The maximum Gasteiger partial charge on any atom is 0.165 e. The Hall–Kier alpha value is -1.22. The van der Waals surface area contributed by atoms with Crippen LogP contribution in [0.15, 0.2) is 18.2 Å². The minimum Gasteiger partial charge on any atom is -0.486 e. The first kappa shape index (κ1) is 14.7. The predicted molar refractivity (Wildman–Crippen MR) is 84.9 cm³/mol. The lowest BCUT2D eigenvalue weighted by Crippen LogP contribution is -2.26. The van der Waals surface area contributed by atoms with Crippen LogP contribution in [0.5, 0.6) is 11.5 Å². The second-order valence-corrected chi connectivity index (χ2v) is 6.37. The standard InChI is InChI=1S/C18H27NO2/c1-2-14-6-8-15(9-7-14)12-19-13-16-4-3-5-17-18(16)21-11-10-20-17/h3-5,14-15,19H,2,6-13H2,1H3. The number of rotatable bonds is 5. The molecule has 1 saturated carbocycles. The van der Waals surface area contributed by atoms with Gasteiger partial charge in [0.25, 0.3) is 0 Å². The van der Waals surface area contributed by atoms with Crippen LogP contribution in [0.2, 0.25) is 0 Å². The van der Waals surface area contributed by atoms with Gasteiger partial charge in [-0.25, -0.2) is 0 Å². The van der Waals surface area contributed by atoms with Crippen LogP contribution < -0.4 is 14.8 Å². The Balaban J connectivity index is 1.48. The molecule has 0 atom stereocenters. The lowest BCUT2D eigenvalue weighted by molar-refractivity contribution is 0.169. The van der Waals surface area contributed by atoms with E-state index in [-0.39, 0.29) is 0 Å². The Bertz CT molecular complexity index is 453. The molecular weight excluding hydrogens is 262 g/mol. The highest BCUT2D eigenvalue weighted by Crippen LogP contribution is 2.34. The van der Waals surface area contributed by atoms with E-state index >= 15 is 0 Å². The fourth-order valence-corrected chi connectivity index (χ4v) is 3.53. The number of benzene rings is 1. The maximum absolute atomic E-state index is 5.76. The van der Waals surface area contributed by atoms with Gasteiger partial charge in [-0.15, -0.1) is 0 Å². The van der Waals surface area contributed by atoms with Crippen molar-refractivity contribution in [3.05, 3.63) is 23.8 Å². The Morgan fingerprint density at radius 1 is 1.05 bits per heavy atom. The minimum atomic E-state index is 0.657. The van der Waals surface area contributed by atoms with E-state index in [1.807, 2.05) is 6.07 Å². The molecule has 1 aliphatic heterocycles. The molecule has 0 aromatic heterocycles. The summed E-state index contributed by atoms with van der Waals surface area (Å²) in [6, 6.07) is 6.18. The lowest BCUT2D eigenvalue weighted by atomic mass is 9.81. The summed E-state index contributed by atoms with van der Waals surface area (Å²) >= 11 is 0. The normalized spacial score (nSPS) is 24.8. The Morgan fingerprint density at radius 3 is 2.62 bits per heavy atom. The molecule has 1 aromatic carbocycles. The number of hydrogen-bond acceptors (Lipinski definition) is 3. The summed E-state index contributed by atoms with van der Waals surface area (Å²) in [7, 11) is 0. The average Bonchev–Trinajstić information content (AvgIpc) is 2.56. The van der Waals surface area contributed by atoms with Crippen molar-refractivity contribution in [3.63, 3.8) is 0 Å². The fraction of sp³-hybridized carbons (Fsp3) is 0.667. The van der Waals surface area contributed by atoms with Crippen LogP contribution in [-0.2, 0) is 6.54 Å². The van der Waals surface area contributed by atoms with Gasteiger partial charge in [-0.3, -0.25) is 0 Å². The van der Waals surface area contributed by atoms with Crippen molar-refractivity contribution in [2.24, 2.45) is 11.8 Å². The molecule has 0 unspecified atom stereocenters. The van der Waals surface area contributed by atoms with Crippen molar-refractivity contribution in [2.75, 3.05) is 19.8 Å². The zero-order chi connectivity index (χ0) is 14.5. The third-order valence-electron chi connectivity index (χ3n) is 4.94. The topological polar surface area (TPSA) is 30.5 Å². The van der Waals surface area contributed by atoms with Gasteiger partial charge in [-0.05, 0) is 37.3 Å². The van der Waals surface area contributed by atoms with E-state index in [4.69, 9.17) is 9.47 Å². The van der Waals surface area contributed by atoms with Crippen molar-refractivity contribution in [1.82, 2.24) is 5.32 Å². The molecule has 3 heteroatoms. The summed E-state index contributed by atoms with van der Waals surface area (Å²) in [5, 5.41) is 3.62. The highest BCUT2D eigenvalue weighted by atomic mass is 16.6. The fourth-order valence-electron chi connectivity index (χ4n) is 3.53. The molecule has 0 saturated heterocycles. The summed E-state index contributed by atoms with van der Waals surface area (Å²) in [5.41, 5.74) is 1.22. The Kier molecular flexibility index (Phi) is 5.02. The van der Waals surface area contributed by atoms with Crippen LogP contribution in [0.1, 0.15) is 44.6 Å². The van der Waals surface area contributed by atoms with Crippen molar-refractivity contribution in [1.29, 1.82) is 0 Å². The van der Waals surface area contributed by atoms with Gasteiger partial charge in [0.1, 0.15) is 13.2 Å². The van der Waals surface area contributed by atoms with Crippen LogP contribution in [0.3, 0.4) is 0 Å². The molecule has 2 aliphatic rings. The van der Waals surface area contributed by atoms with E-state index in [1.165, 1.54) is 37.7 Å². The summed E-state index contributed by atoms with van der Waals surface area (Å²) < 4.78 is 11.4. The smallest absolute Gasteiger partial charge is 0.165 e. The van der Waals surface area contributed by atoms with Gasteiger partial charge in [-0.2, -0.15) is 0 Å². The molecule has 1 aromatic rings. The highest BCUT2D eigenvalue weighted by molar-refractivity contribution is 5.47. The van der Waals surface area contributed by atoms with E-state index < -0.39 is 0 Å². The highest BCUT2D eigenvalue weighted by Gasteiger charge is 2.20. The Labute approximate surface area is 128 Å². The van der Waals surface area contributed by atoms with Gasteiger partial charge in [0.15, 0.2) is 11.5 Å². The molecule has 0 bridgehead atoms. The summed E-state index contributed by atoms with van der Waals surface area (Å²) in [4.78, 5) is 0. The van der Waals surface area contributed by atoms with E-state index in [9.17, 15) is 0 Å². The number of nitrogens with one attached hydrogen (secondary N) is 1. The van der Waals surface area contributed by atoms with Crippen molar-refractivity contribution < 1.29 is 9.47 Å². The molecular formula is C18H27NO2. The number of fused-ring (bicyclic) bond motifs is 1. The molecule has 0 radical (unpaired) electrons. The van der Waals surface area contributed by atoms with Crippen LogP contribution in [0, 0.1) is 11.8 Å². The van der Waals surface area contributed by atoms with Gasteiger partial charge >= 0.3 is 0 Å². The van der Waals surface area contributed by atoms with Gasteiger partial charge in [0.2, 0.25) is 0 Å². The SMILES string of the molecule is CCC1CCC(CNCc2cccc3c2OCCO3)CC1. The van der Waals surface area contributed by atoms with Crippen molar-refractivity contribution >= 4 is 0 Å². The number of ether oxygens (including phenoxy) is 2. The third-order valence-corrected chi connectivity index (χ3v) is 4.94. The summed E-state index contributed by atoms with van der Waals surface area (Å²) in [6.07, 6.45) is 6.96. The molecule has 1 fully saturated rings. The van der Waals surface area contributed by atoms with Gasteiger partial charge in [-0.1, -0.05) is 38.3 Å². The monoisotopic (exact) mass is 289 g/mol. The largest absolute Gasteiger partial charge is 0.486 e. The third kappa shape index (κ3) is 3.70. The minimum absolute atomic E-state index is 0.657. The first-order valence-corrected chi connectivity index (χ1v) is 8.45. The van der Waals surface area contributed by atoms with E-state index in [0.29, 0.717) is 13.2 Å². The molecule has 1 aliphatic carbocycles. The molecule has 1 N–H and O–H groups in total. The summed E-state index contributed by atoms with van der Waals surface area (Å²) in [6.45, 7) is 5.64. The second-order valence-electron chi connectivity index (χ2n) is 6.37. The zero-order valence-electron chi connectivity index (χ0n) is 13.1. The van der Waals surface area contributed by atoms with Gasteiger partial charge in [0.05, 0.1) is 0 Å². The zero-order valence-corrected chi connectivity index (χ0v) is 13.1. The quantitative estimate of drug-likeness (QED) is 0.895. The second kappa shape index (κ2) is 7.17. The molecule has 3 nitrogen and oxygen atoms in total. The molecule has 1 heterocycles. The number of hydrogen-bond donors (Lipinski definition) is 1. The first-order chi connectivity index (χ1) is 10.4. The lowest BCUT2D eigenvalue weighted by Gasteiger charge is -2.28. The van der Waals surface area contributed by atoms with Crippen LogP contribution in [-0.4, -0.2) is 19.8 Å². The van der Waals surface area contributed by atoms with Crippen molar-refractivity contribution in [3.8, 4) is 11.5 Å². The summed E-state index contributed by atoms with van der Waals surface area (Å²) in [5.74, 6) is 3.66.